The lowest BCUT2D eigenvalue weighted by atomic mass is 9.98. The number of anilines is 1. The Kier molecular flexibility index (Phi) is 6.08. The second kappa shape index (κ2) is 8.49. The van der Waals surface area contributed by atoms with Gasteiger partial charge in [-0.2, -0.15) is 0 Å². The van der Waals surface area contributed by atoms with Gasteiger partial charge in [-0.15, -0.1) is 0 Å². The number of aromatic nitrogens is 1. The van der Waals surface area contributed by atoms with Gasteiger partial charge in [-0.3, -0.25) is 14.9 Å². The molecule has 1 heterocycles. The Morgan fingerprint density at radius 2 is 1.96 bits per heavy atom. The van der Waals surface area contributed by atoms with E-state index in [-0.39, 0.29) is 6.61 Å². The van der Waals surface area contributed by atoms with E-state index in [0.29, 0.717) is 5.13 Å². The van der Waals surface area contributed by atoms with Crippen LogP contribution in [0.25, 0.3) is 10.8 Å². The number of carbonyl (C=O) groups is 2. The summed E-state index contributed by atoms with van der Waals surface area (Å²) in [5.41, 5.74) is 0.821. The van der Waals surface area contributed by atoms with Crippen LogP contribution in [0, 0.1) is 0 Å². The highest BCUT2D eigenvalue weighted by atomic mass is 79.9. The molecule has 6 nitrogen and oxygen atoms in total. The van der Waals surface area contributed by atoms with E-state index >= 15 is 0 Å². The number of hydrogen-bond donors (Lipinski definition) is 1. The molecule has 3 rings (SSSR count). The van der Waals surface area contributed by atoms with Gasteiger partial charge in [-0.05, 0) is 51.3 Å². The van der Waals surface area contributed by atoms with Gasteiger partial charge in [-0.25, -0.2) is 4.98 Å². The van der Waals surface area contributed by atoms with Gasteiger partial charge in [0, 0.05) is 0 Å². The first-order valence-corrected chi connectivity index (χ1v) is 9.72. The number of nitrogens with one attached hydrogen (secondary N) is 1. The van der Waals surface area contributed by atoms with Crippen molar-refractivity contribution in [1.82, 2.24) is 4.98 Å². The van der Waals surface area contributed by atoms with Gasteiger partial charge >= 0.3 is 5.97 Å². The molecular weight excluding hydrogens is 432 g/mol. The second-order valence-corrected chi connectivity index (χ2v) is 8.23. The van der Waals surface area contributed by atoms with Crippen LogP contribution in [0.1, 0.15) is 18.4 Å². The zero-order chi connectivity index (χ0) is 19.4. The van der Waals surface area contributed by atoms with Crippen molar-refractivity contribution in [2.45, 2.75) is 12.8 Å². The second-order valence-electron chi connectivity index (χ2n) is 5.82. The van der Waals surface area contributed by atoms with Crippen molar-refractivity contribution < 1.29 is 19.1 Å². The lowest BCUT2D eigenvalue weighted by Crippen LogP contribution is -2.23. The predicted molar refractivity (Wildman–Crippen MR) is 108 cm³/mol. The molecule has 0 saturated heterocycles. The van der Waals surface area contributed by atoms with Crippen LogP contribution in [0.5, 0.6) is 5.75 Å². The highest BCUT2D eigenvalue weighted by molar-refractivity contribution is 9.11. The summed E-state index contributed by atoms with van der Waals surface area (Å²) in [7, 11) is 1.62. The van der Waals surface area contributed by atoms with Crippen molar-refractivity contribution in [3.63, 3.8) is 0 Å². The minimum atomic E-state index is -0.488. The van der Waals surface area contributed by atoms with E-state index in [1.807, 2.05) is 36.4 Å². The Labute approximate surface area is 168 Å². The van der Waals surface area contributed by atoms with Crippen LogP contribution in [0.2, 0.25) is 0 Å². The van der Waals surface area contributed by atoms with Crippen LogP contribution in [-0.4, -0.2) is 30.6 Å². The first-order chi connectivity index (χ1) is 13.0. The summed E-state index contributed by atoms with van der Waals surface area (Å²) in [4.78, 5) is 28.2. The van der Waals surface area contributed by atoms with Crippen LogP contribution >= 0.6 is 27.3 Å². The van der Waals surface area contributed by atoms with Crippen molar-refractivity contribution in [3.05, 3.63) is 51.9 Å². The molecule has 0 unspecified atom stereocenters. The maximum atomic E-state index is 12.3. The number of ether oxygens (including phenoxy) is 2. The van der Waals surface area contributed by atoms with Gasteiger partial charge < -0.3 is 9.47 Å². The van der Waals surface area contributed by atoms with Gasteiger partial charge in [0.25, 0.3) is 5.91 Å². The minimum absolute atomic E-state index is 0.356. The van der Waals surface area contributed by atoms with E-state index in [2.05, 4.69) is 26.2 Å². The average molecular weight is 449 g/mol. The lowest BCUT2D eigenvalue weighted by Gasteiger charge is -2.13. The number of hydrogen-bond acceptors (Lipinski definition) is 6. The summed E-state index contributed by atoms with van der Waals surface area (Å²) in [6, 6.07) is 11.5. The van der Waals surface area contributed by atoms with Crippen LogP contribution in [0.4, 0.5) is 5.13 Å². The van der Waals surface area contributed by atoms with Crippen molar-refractivity contribution in [2.75, 3.05) is 19.0 Å². The van der Waals surface area contributed by atoms with Gasteiger partial charge in [0.15, 0.2) is 11.7 Å². The molecule has 0 spiro atoms. The molecule has 2 aromatic carbocycles. The van der Waals surface area contributed by atoms with Gasteiger partial charge in [-0.1, -0.05) is 35.6 Å². The molecule has 0 fully saturated rings. The summed E-state index contributed by atoms with van der Waals surface area (Å²) in [5.74, 6) is -0.597. The van der Waals surface area contributed by atoms with E-state index in [1.165, 1.54) is 11.3 Å². The molecule has 1 aromatic heterocycles. The number of halogens is 1. The fourth-order valence-electron chi connectivity index (χ4n) is 2.50. The number of fused-ring (bicyclic) bond motifs is 1. The lowest BCUT2D eigenvalue weighted by molar-refractivity contribution is -0.148. The monoisotopic (exact) mass is 448 g/mol. The van der Waals surface area contributed by atoms with Crippen LogP contribution in [0.15, 0.2) is 46.4 Å². The van der Waals surface area contributed by atoms with Gasteiger partial charge in [0.1, 0.15) is 5.75 Å². The summed E-state index contributed by atoms with van der Waals surface area (Å²) in [6.07, 6.45) is 1.59. The number of rotatable bonds is 6. The Morgan fingerprint density at radius 1 is 1.22 bits per heavy atom. The first-order valence-electron chi connectivity index (χ1n) is 8.12. The molecule has 3 aromatic rings. The zero-order valence-electron chi connectivity index (χ0n) is 14.7. The molecule has 0 saturated carbocycles. The predicted octanol–water partition coefficient (Wildman–Crippen LogP) is 4.35. The average Bonchev–Trinajstić information content (AvgIpc) is 3.09. The number of nitrogens with zero attached hydrogens (tertiary/aromatic N) is 1. The van der Waals surface area contributed by atoms with E-state index in [9.17, 15) is 9.59 Å². The van der Waals surface area contributed by atoms with Crippen molar-refractivity contribution in [3.8, 4) is 5.75 Å². The normalized spacial score (nSPS) is 11.8. The van der Waals surface area contributed by atoms with Crippen molar-refractivity contribution >= 4 is 55.0 Å². The smallest absolute Gasteiger partial charge is 0.313 e. The highest BCUT2D eigenvalue weighted by Crippen LogP contribution is 2.26. The van der Waals surface area contributed by atoms with Crippen LogP contribution < -0.4 is 10.1 Å². The Bertz CT molecular complexity index is 989. The molecule has 1 atom stereocenters. The molecule has 0 aliphatic carbocycles. The number of benzene rings is 2. The number of carbonyl (C=O) groups excluding carboxylic acids is 2. The zero-order valence-corrected chi connectivity index (χ0v) is 17.1. The molecule has 140 valence electrons. The maximum absolute atomic E-state index is 12.3. The first kappa shape index (κ1) is 19.3. The van der Waals surface area contributed by atoms with Gasteiger partial charge in [0.2, 0.25) is 0 Å². The molecule has 0 aliphatic heterocycles. The molecule has 1 amide bonds. The third-order valence-corrected chi connectivity index (χ3v) is 5.39. The van der Waals surface area contributed by atoms with Crippen LogP contribution in [0.3, 0.4) is 0 Å². The molecular formula is C19H17BrN2O4S. The minimum Gasteiger partial charge on any atom is -0.497 e. The molecule has 1 N–H and O–H groups in total. The van der Waals surface area contributed by atoms with E-state index in [0.717, 1.165) is 25.9 Å². The molecule has 8 heteroatoms. The molecule has 0 aliphatic rings. The third kappa shape index (κ3) is 4.84. The third-order valence-electron chi connectivity index (χ3n) is 3.99. The van der Waals surface area contributed by atoms with E-state index < -0.39 is 17.8 Å². The molecule has 0 bridgehead atoms. The van der Waals surface area contributed by atoms with Crippen molar-refractivity contribution in [2.24, 2.45) is 0 Å². The van der Waals surface area contributed by atoms with Crippen molar-refractivity contribution in [1.29, 1.82) is 0 Å². The highest BCUT2D eigenvalue weighted by Gasteiger charge is 2.19. The number of amides is 1. The Balaban J connectivity index is 1.61. The number of esters is 1. The summed E-state index contributed by atoms with van der Waals surface area (Å²) in [5, 5.41) is 5.05. The Hall–Kier alpha value is -2.45. The van der Waals surface area contributed by atoms with E-state index in [1.54, 1.807) is 20.2 Å². The SMILES string of the molecule is COc1ccc2cc([C@@H](C)C(=O)OCC(=O)Nc3ncc(Br)s3)ccc2c1. The summed E-state index contributed by atoms with van der Waals surface area (Å²) < 4.78 is 11.2. The standard InChI is InChI=1S/C19H17BrN2O4S/c1-11(12-3-4-14-8-15(25-2)6-5-13(14)7-12)18(24)26-10-17(23)22-19-21-9-16(20)27-19/h3-9,11H,10H2,1-2H3,(H,21,22,23)/t11-/m1/s1. The topological polar surface area (TPSA) is 77.5 Å². The summed E-state index contributed by atoms with van der Waals surface area (Å²) in [6.45, 7) is 1.40. The summed E-state index contributed by atoms with van der Waals surface area (Å²) >= 11 is 4.55. The number of methoxy groups -OCH3 is 1. The van der Waals surface area contributed by atoms with Gasteiger partial charge in [0.05, 0.1) is 23.0 Å². The molecule has 27 heavy (non-hydrogen) atoms. The fourth-order valence-corrected chi connectivity index (χ4v) is 3.63. The maximum Gasteiger partial charge on any atom is 0.313 e. The largest absolute Gasteiger partial charge is 0.497 e. The Morgan fingerprint density at radius 3 is 2.67 bits per heavy atom. The fraction of sp³-hybridized carbons (Fsp3) is 0.211. The van der Waals surface area contributed by atoms with E-state index in [4.69, 9.17) is 9.47 Å². The van der Waals surface area contributed by atoms with Crippen LogP contribution in [-0.2, 0) is 14.3 Å². The number of thiazole rings is 1. The molecule has 0 radical (unpaired) electrons. The quantitative estimate of drug-likeness (QED) is 0.567.